The smallest absolute Gasteiger partial charge is 0.140 e. The van der Waals surface area contributed by atoms with E-state index in [0.29, 0.717) is 5.88 Å². The van der Waals surface area contributed by atoms with Gasteiger partial charge in [-0.1, -0.05) is 0 Å². The Morgan fingerprint density at radius 2 is 2.42 bits per heavy atom. The number of fused-ring (bicyclic) bond motifs is 1. The van der Waals surface area contributed by atoms with Crippen molar-refractivity contribution in [1.29, 1.82) is 0 Å². The summed E-state index contributed by atoms with van der Waals surface area (Å²) < 4.78 is 5.29. The van der Waals surface area contributed by atoms with Crippen LogP contribution in [-0.4, -0.2) is 11.6 Å². The van der Waals surface area contributed by atoms with Gasteiger partial charge >= 0.3 is 0 Å². The van der Waals surface area contributed by atoms with E-state index in [2.05, 4.69) is 4.98 Å². The van der Waals surface area contributed by atoms with E-state index in [9.17, 15) is 0 Å². The van der Waals surface area contributed by atoms with Gasteiger partial charge in [0.25, 0.3) is 0 Å². The van der Waals surface area contributed by atoms with Crippen LogP contribution in [0.25, 0.3) is 0 Å². The van der Waals surface area contributed by atoms with Crippen LogP contribution in [0.1, 0.15) is 11.3 Å². The Labute approximate surface area is 82.3 Å². The summed E-state index contributed by atoms with van der Waals surface area (Å²) in [4.78, 5) is 4.11. The fraction of sp³-hybridized carbons (Fsp3) is 0.375. The Hall–Kier alpha value is -0.470. The summed E-state index contributed by atoms with van der Waals surface area (Å²) in [6, 6.07) is 2.01. The van der Waals surface area contributed by atoms with E-state index < -0.39 is 0 Å². The number of hydrogen-bond acceptors (Lipinski definition) is 2. The van der Waals surface area contributed by atoms with Gasteiger partial charge in [-0.2, -0.15) is 0 Å². The first kappa shape index (κ1) is 9.62. The summed E-state index contributed by atoms with van der Waals surface area (Å²) in [5.74, 6) is 1.40. The highest BCUT2D eigenvalue weighted by atomic mass is 35.5. The number of alkyl halides is 1. The topological polar surface area (TPSA) is 22.1 Å². The van der Waals surface area contributed by atoms with Crippen LogP contribution in [0, 0.1) is 0 Å². The molecule has 0 aromatic carbocycles. The molecule has 1 aliphatic heterocycles. The SMILES string of the molecule is Cl.ClCc1cc2c(cn1)OCC2. The van der Waals surface area contributed by atoms with Crippen LogP contribution in [0.2, 0.25) is 0 Å². The van der Waals surface area contributed by atoms with Crippen molar-refractivity contribution < 1.29 is 4.74 Å². The molecule has 0 saturated carbocycles. The molecule has 0 spiro atoms. The van der Waals surface area contributed by atoms with E-state index in [1.165, 1.54) is 5.56 Å². The Morgan fingerprint density at radius 3 is 3.17 bits per heavy atom. The zero-order chi connectivity index (χ0) is 7.68. The Morgan fingerprint density at radius 1 is 1.58 bits per heavy atom. The van der Waals surface area contributed by atoms with Crippen molar-refractivity contribution in [3.05, 3.63) is 23.5 Å². The highest BCUT2D eigenvalue weighted by Crippen LogP contribution is 2.24. The summed E-state index contributed by atoms with van der Waals surface area (Å²) in [5.41, 5.74) is 2.16. The molecule has 0 N–H and O–H groups in total. The minimum atomic E-state index is 0. The van der Waals surface area contributed by atoms with Crippen molar-refractivity contribution in [3.8, 4) is 5.75 Å². The van der Waals surface area contributed by atoms with Gasteiger partial charge in [0, 0.05) is 12.0 Å². The quantitative estimate of drug-likeness (QED) is 0.657. The molecule has 1 aromatic heterocycles. The molecule has 4 heteroatoms. The monoisotopic (exact) mass is 205 g/mol. The Balaban J connectivity index is 0.000000720. The molecule has 0 unspecified atom stereocenters. The number of aromatic nitrogens is 1. The fourth-order valence-electron chi connectivity index (χ4n) is 1.20. The maximum atomic E-state index is 5.63. The van der Waals surface area contributed by atoms with Crippen LogP contribution in [-0.2, 0) is 12.3 Å². The molecule has 0 radical (unpaired) electrons. The number of halogens is 2. The van der Waals surface area contributed by atoms with Gasteiger partial charge in [-0.3, -0.25) is 4.98 Å². The van der Waals surface area contributed by atoms with Gasteiger partial charge in [-0.15, -0.1) is 24.0 Å². The lowest BCUT2D eigenvalue weighted by Crippen LogP contribution is -1.87. The van der Waals surface area contributed by atoms with Gasteiger partial charge in [0.15, 0.2) is 0 Å². The van der Waals surface area contributed by atoms with Crippen LogP contribution in [0.15, 0.2) is 12.3 Å². The van der Waals surface area contributed by atoms with Crippen LogP contribution in [0.5, 0.6) is 5.75 Å². The second kappa shape index (κ2) is 3.97. The second-order valence-corrected chi connectivity index (χ2v) is 2.78. The first-order valence-corrected chi connectivity index (χ1v) is 4.10. The van der Waals surface area contributed by atoms with E-state index in [-0.39, 0.29) is 12.4 Å². The summed E-state index contributed by atoms with van der Waals surface area (Å²) in [5, 5.41) is 0. The maximum absolute atomic E-state index is 5.63. The molecular formula is C8H9Cl2NO. The first-order chi connectivity index (χ1) is 5.40. The van der Waals surface area contributed by atoms with E-state index in [4.69, 9.17) is 16.3 Å². The van der Waals surface area contributed by atoms with Crippen molar-refractivity contribution in [2.75, 3.05) is 6.61 Å². The van der Waals surface area contributed by atoms with Gasteiger partial charge in [0.2, 0.25) is 0 Å². The van der Waals surface area contributed by atoms with Crippen molar-refractivity contribution in [2.24, 2.45) is 0 Å². The van der Waals surface area contributed by atoms with Crippen LogP contribution >= 0.6 is 24.0 Å². The molecule has 2 nitrogen and oxygen atoms in total. The zero-order valence-corrected chi connectivity index (χ0v) is 7.99. The van der Waals surface area contributed by atoms with E-state index in [1.54, 1.807) is 6.20 Å². The Bertz CT molecular complexity index is 278. The molecule has 0 fully saturated rings. The van der Waals surface area contributed by atoms with E-state index in [0.717, 1.165) is 24.5 Å². The van der Waals surface area contributed by atoms with Gasteiger partial charge in [-0.05, 0) is 6.07 Å². The van der Waals surface area contributed by atoms with Gasteiger partial charge in [0.05, 0.1) is 24.4 Å². The molecule has 1 aliphatic rings. The summed E-state index contributed by atoms with van der Waals surface area (Å²) in [6.45, 7) is 0.781. The summed E-state index contributed by atoms with van der Waals surface area (Å²) in [6.07, 6.45) is 2.74. The van der Waals surface area contributed by atoms with Crippen molar-refractivity contribution >= 4 is 24.0 Å². The third-order valence-corrected chi connectivity index (χ3v) is 2.04. The summed E-state index contributed by atoms with van der Waals surface area (Å²) in [7, 11) is 0. The molecule has 0 saturated heterocycles. The molecule has 0 atom stereocenters. The van der Waals surface area contributed by atoms with Gasteiger partial charge in [0.1, 0.15) is 5.75 Å². The van der Waals surface area contributed by atoms with Crippen molar-refractivity contribution in [3.63, 3.8) is 0 Å². The maximum Gasteiger partial charge on any atom is 0.140 e. The number of nitrogens with zero attached hydrogens (tertiary/aromatic N) is 1. The first-order valence-electron chi connectivity index (χ1n) is 3.56. The number of hydrogen-bond donors (Lipinski definition) is 0. The molecule has 0 amide bonds. The molecule has 0 aliphatic carbocycles. The lowest BCUT2D eigenvalue weighted by Gasteiger charge is -1.98. The number of pyridine rings is 1. The van der Waals surface area contributed by atoms with E-state index in [1.807, 2.05) is 6.07 Å². The van der Waals surface area contributed by atoms with Gasteiger partial charge in [-0.25, -0.2) is 0 Å². The number of rotatable bonds is 1. The molecule has 12 heavy (non-hydrogen) atoms. The van der Waals surface area contributed by atoms with Crippen molar-refractivity contribution in [1.82, 2.24) is 4.98 Å². The molecule has 0 bridgehead atoms. The normalized spacial score (nSPS) is 13.1. The Kier molecular flexibility index (Phi) is 3.18. The molecule has 2 rings (SSSR count). The standard InChI is InChI=1S/C8H8ClNO.ClH/c9-4-7-3-6-1-2-11-8(6)5-10-7;/h3,5H,1-2,4H2;1H. The minimum Gasteiger partial charge on any atom is -0.491 e. The average Bonchev–Trinajstić information content (AvgIpc) is 2.50. The third kappa shape index (κ3) is 1.65. The molecule has 2 heterocycles. The second-order valence-electron chi connectivity index (χ2n) is 2.52. The third-order valence-electron chi connectivity index (χ3n) is 1.77. The van der Waals surface area contributed by atoms with Gasteiger partial charge < -0.3 is 4.74 Å². The number of ether oxygens (including phenoxy) is 1. The lowest BCUT2D eigenvalue weighted by molar-refractivity contribution is 0.355. The van der Waals surface area contributed by atoms with Crippen molar-refractivity contribution in [2.45, 2.75) is 12.3 Å². The predicted molar refractivity (Wildman–Crippen MR) is 50.2 cm³/mol. The highest BCUT2D eigenvalue weighted by molar-refractivity contribution is 6.16. The fourth-order valence-corrected chi connectivity index (χ4v) is 1.35. The zero-order valence-electron chi connectivity index (χ0n) is 6.42. The average molecular weight is 206 g/mol. The van der Waals surface area contributed by atoms with Crippen LogP contribution in [0.3, 0.4) is 0 Å². The van der Waals surface area contributed by atoms with E-state index >= 15 is 0 Å². The largest absolute Gasteiger partial charge is 0.491 e. The highest BCUT2D eigenvalue weighted by Gasteiger charge is 2.11. The van der Waals surface area contributed by atoms with Crippen LogP contribution in [0.4, 0.5) is 0 Å². The molecular weight excluding hydrogens is 197 g/mol. The molecule has 1 aromatic rings. The predicted octanol–water partition coefficient (Wildman–Crippen LogP) is 2.18. The minimum absolute atomic E-state index is 0. The summed E-state index contributed by atoms with van der Waals surface area (Å²) >= 11 is 5.63. The van der Waals surface area contributed by atoms with Crippen LogP contribution < -0.4 is 4.74 Å². The molecule has 66 valence electrons. The lowest BCUT2D eigenvalue weighted by atomic mass is 10.2.